The SMILES string of the molecule is CCN(CC)CCOC(=O)COC(c1ccccc1)c1ccccc1.Cl. The van der Waals surface area contributed by atoms with Crippen LogP contribution in [0.3, 0.4) is 0 Å². The zero-order chi connectivity index (χ0) is 17.9. The van der Waals surface area contributed by atoms with Crippen LogP contribution in [0.25, 0.3) is 0 Å². The topological polar surface area (TPSA) is 38.8 Å². The zero-order valence-electron chi connectivity index (χ0n) is 15.5. The van der Waals surface area contributed by atoms with Gasteiger partial charge in [0.1, 0.15) is 19.3 Å². The average molecular weight is 378 g/mol. The molecule has 0 saturated carbocycles. The highest BCUT2D eigenvalue weighted by atomic mass is 35.5. The summed E-state index contributed by atoms with van der Waals surface area (Å²) in [4.78, 5) is 14.2. The lowest BCUT2D eigenvalue weighted by Crippen LogP contribution is -2.28. The molecule has 0 aliphatic heterocycles. The van der Waals surface area contributed by atoms with Crippen molar-refractivity contribution in [3.8, 4) is 0 Å². The number of carbonyl (C=O) groups excluding carboxylic acids is 1. The number of rotatable bonds is 10. The van der Waals surface area contributed by atoms with Gasteiger partial charge in [-0.2, -0.15) is 0 Å². The Hall–Kier alpha value is -1.88. The molecule has 0 unspecified atom stereocenters. The second kappa shape index (κ2) is 12.5. The Morgan fingerprint density at radius 3 is 1.88 bits per heavy atom. The fraction of sp³-hybridized carbons (Fsp3) is 0.381. The van der Waals surface area contributed by atoms with E-state index in [2.05, 4.69) is 18.7 Å². The third kappa shape index (κ3) is 7.16. The predicted molar refractivity (Wildman–Crippen MR) is 107 cm³/mol. The van der Waals surface area contributed by atoms with Crippen molar-refractivity contribution in [2.45, 2.75) is 20.0 Å². The van der Waals surface area contributed by atoms with E-state index in [0.29, 0.717) is 6.61 Å². The molecule has 0 fully saturated rings. The van der Waals surface area contributed by atoms with Crippen LogP contribution in [0.1, 0.15) is 31.1 Å². The van der Waals surface area contributed by atoms with Crippen molar-refractivity contribution in [3.63, 3.8) is 0 Å². The van der Waals surface area contributed by atoms with E-state index in [0.717, 1.165) is 30.8 Å². The highest BCUT2D eigenvalue weighted by Crippen LogP contribution is 2.25. The second-order valence-corrected chi connectivity index (χ2v) is 5.76. The third-order valence-corrected chi connectivity index (χ3v) is 4.14. The van der Waals surface area contributed by atoms with Crippen LogP contribution in [-0.2, 0) is 14.3 Å². The molecule has 0 radical (unpaired) electrons. The van der Waals surface area contributed by atoms with Crippen molar-refractivity contribution in [2.24, 2.45) is 0 Å². The van der Waals surface area contributed by atoms with Crippen molar-refractivity contribution in [1.82, 2.24) is 4.90 Å². The Kier molecular flexibility index (Phi) is 10.6. The number of likely N-dealkylation sites (N-methyl/N-ethyl adjacent to an activating group) is 1. The molecule has 0 aliphatic rings. The zero-order valence-corrected chi connectivity index (χ0v) is 16.3. The summed E-state index contributed by atoms with van der Waals surface area (Å²) in [5, 5.41) is 0. The minimum Gasteiger partial charge on any atom is -0.463 e. The molecule has 0 amide bonds. The summed E-state index contributed by atoms with van der Waals surface area (Å²) in [5.41, 5.74) is 2.04. The van der Waals surface area contributed by atoms with Crippen LogP contribution in [0.2, 0.25) is 0 Å². The molecule has 2 aromatic rings. The van der Waals surface area contributed by atoms with Gasteiger partial charge in [-0.1, -0.05) is 74.5 Å². The van der Waals surface area contributed by atoms with Crippen LogP contribution in [0, 0.1) is 0 Å². The molecular weight excluding hydrogens is 350 g/mol. The van der Waals surface area contributed by atoms with Crippen molar-refractivity contribution in [2.75, 3.05) is 32.8 Å². The van der Waals surface area contributed by atoms with E-state index in [-0.39, 0.29) is 31.1 Å². The second-order valence-electron chi connectivity index (χ2n) is 5.76. The van der Waals surface area contributed by atoms with Crippen molar-refractivity contribution in [1.29, 1.82) is 0 Å². The molecule has 26 heavy (non-hydrogen) atoms. The summed E-state index contributed by atoms with van der Waals surface area (Å²) in [6.45, 7) is 7.18. The average Bonchev–Trinajstić information content (AvgIpc) is 2.67. The molecule has 0 aromatic heterocycles. The lowest BCUT2D eigenvalue weighted by atomic mass is 10.0. The molecular formula is C21H28ClNO3. The summed E-state index contributed by atoms with van der Waals surface area (Å²) in [5.74, 6) is -0.330. The van der Waals surface area contributed by atoms with E-state index >= 15 is 0 Å². The first-order chi connectivity index (χ1) is 12.2. The molecule has 0 bridgehead atoms. The Morgan fingerprint density at radius 2 is 1.42 bits per heavy atom. The first-order valence-corrected chi connectivity index (χ1v) is 8.84. The van der Waals surface area contributed by atoms with Crippen molar-refractivity contribution in [3.05, 3.63) is 71.8 Å². The van der Waals surface area contributed by atoms with E-state index in [1.165, 1.54) is 0 Å². The number of esters is 1. The summed E-state index contributed by atoms with van der Waals surface area (Å²) >= 11 is 0. The number of carbonyl (C=O) groups is 1. The van der Waals surface area contributed by atoms with Gasteiger partial charge in [0, 0.05) is 6.54 Å². The Balaban J connectivity index is 0.00000338. The van der Waals surface area contributed by atoms with Crippen LogP contribution in [0.4, 0.5) is 0 Å². The fourth-order valence-electron chi connectivity index (χ4n) is 2.66. The predicted octanol–water partition coefficient (Wildman–Crippen LogP) is 4.10. The quantitative estimate of drug-likeness (QED) is 0.584. The maximum Gasteiger partial charge on any atom is 0.332 e. The molecule has 0 saturated heterocycles. The smallest absolute Gasteiger partial charge is 0.332 e. The summed E-state index contributed by atoms with van der Waals surface area (Å²) in [6, 6.07) is 19.8. The number of hydrogen-bond acceptors (Lipinski definition) is 4. The van der Waals surface area contributed by atoms with Gasteiger partial charge < -0.3 is 14.4 Å². The van der Waals surface area contributed by atoms with Crippen LogP contribution in [0.5, 0.6) is 0 Å². The number of ether oxygens (including phenoxy) is 2. The minimum absolute atomic E-state index is 0. The first-order valence-electron chi connectivity index (χ1n) is 8.84. The van der Waals surface area contributed by atoms with Gasteiger partial charge in [-0.05, 0) is 24.2 Å². The van der Waals surface area contributed by atoms with Crippen molar-refractivity contribution >= 4 is 18.4 Å². The summed E-state index contributed by atoms with van der Waals surface area (Å²) in [7, 11) is 0. The largest absolute Gasteiger partial charge is 0.463 e. The van der Waals surface area contributed by atoms with E-state index in [1.54, 1.807) is 0 Å². The van der Waals surface area contributed by atoms with Gasteiger partial charge in [0.05, 0.1) is 0 Å². The van der Waals surface area contributed by atoms with E-state index in [9.17, 15) is 4.79 Å². The van der Waals surface area contributed by atoms with E-state index < -0.39 is 0 Å². The number of benzene rings is 2. The maximum atomic E-state index is 12.0. The monoisotopic (exact) mass is 377 g/mol. The van der Waals surface area contributed by atoms with Crippen LogP contribution in [0.15, 0.2) is 60.7 Å². The molecule has 0 N–H and O–H groups in total. The van der Waals surface area contributed by atoms with Gasteiger partial charge >= 0.3 is 5.97 Å². The van der Waals surface area contributed by atoms with Crippen LogP contribution >= 0.6 is 12.4 Å². The first kappa shape index (κ1) is 22.2. The molecule has 4 nitrogen and oxygen atoms in total. The Labute approximate surface area is 162 Å². The van der Waals surface area contributed by atoms with Gasteiger partial charge in [-0.3, -0.25) is 0 Å². The fourth-order valence-corrected chi connectivity index (χ4v) is 2.66. The molecule has 2 rings (SSSR count). The van der Waals surface area contributed by atoms with Crippen LogP contribution in [-0.4, -0.2) is 43.7 Å². The number of halogens is 1. The third-order valence-electron chi connectivity index (χ3n) is 4.14. The molecule has 142 valence electrons. The number of nitrogens with zero attached hydrogens (tertiary/aromatic N) is 1. The molecule has 0 spiro atoms. The van der Waals surface area contributed by atoms with E-state index in [4.69, 9.17) is 9.47 Å². The summed E-state index contributed by atoms with van der Waals surface area (Å²) in [6.07, 6.45) is -0.280. The van der Waals surface area contributed by atoms with Gasteiger partial charge in [0.2, 0.25) is 0 Å². The highest BCUT2D eigenvalue weighted by molar-refractivity contribution is 5.85. The maximum absolute atomic E-state index is 12.0. The Bertz CT molecular complexity index is 578. The minimum atomic E-state index is -0.330. The standard InChI is InChI=1S/C21H27NO3.ClH/c1-3-22(4-2)15-16-24-20(23)17-25-21(18-11-7-5-8-12-18)19-13-9-6-10-14-19;/h5-14,21H,3-4,15-17H2,1-2H3;1H. The Morgan fingerprint density at radius 1 is 0.923 bits per heavy atom. The normalized spacial score (nSPS) is 10.6. The van der Waals surface area contributed by atoms with Crippen LogP contribution < -0.4 is 0 Å². The van der Waals surface area contributed by atoms with Gasteiger partial charge in [-0.15, -0.1) is 12.4 Å². The lowest BCUT2D eigenvalue weighted by molar-refractivity contribution is -0.150. The lowest BCUT2D eigenvalue weighted by Gasteiger charge is -2.19. The highest BCUT2D eigenvalue weighted by Gasteiger charge is 2.16. The van der Waals surface area contributed by atoms with Gasteiger partial charge in [0.25, 0.3) is 0 Å². The molecule has 0 aliphatic carbocycles. The molecule has 5 heteroatoms. The molecule has 0 atom stereocenters. The van der Waals surface area contributed by atoms with Gasteiger partial charge in [-0.25, -0.2) is 4.79 Å². The molecule has 0 heterocycles. The molecule has 2 aromatic carbocycles. The van der Waals surface area contributed by atoms with Gasteiger partial charge in [0.15, 0.2) is 0 Å². The number of hydrogen-bond donors (Lipinski definition) is 0. The summed E-state index contributed by atoms with van der Waals surface area (Å²) < 4.78 is 11.2. The van der Waals surface area contributed by atoms with Crippen molar-refractivity contribution < 1.29 is 14.3 Å². The van der Waals surface area contributed by atoms with E-state index in [1.807, 2.05) is 60.7 Å².